The van der Waals surface area contributed by atoms with Crippen LogP contribution in [0.15, 0.2) is 66.7 Å². The zero-order valence-corrected chi connectivity index (χ0v) is 15.5. The van der Waals surface area contributed by atoms with Gasteiger partial charge in [0.1, 0.15) is 23.1 Å². The van der Waals surface area contributed by atoms with Crippen LogP contribution in [0, 0.1) is 5.82 Å². The van der Waals surface area contributed by atoms with E-state index in [1.165, 1.54) is 12.1 Å². The molecule has 2 aromatic carbocycles. The number of halogens is 1. The molecule has 3 rings (SSSR count). The van der Waals surface area contributed by atoms with Crippen LogP contribution in [0.5, 0.6) is 11.5 Å². The van der Waals surface area contributed by atoms with Crippen molar-refractivity contribution in [1.29, 1.82) is 0 Å². The topological polar surface area (TPSA) is 74.7 Å². The van der Waals surface area contributed by atoms with E-state index in [2.05, 4.69) is 10.3 Å². The summed E-state index contributed by atoms with van der Waals surface area (Å²) in [6, 6.07) is 17.2. The average molecular weight is 381 g/mol. The SMILES string of the molecule is CC(C)N(O)C(=O)Nc1cccc(-c2ccc(Oc3ccc(F)cc3)cc2)n1. The van der Waals surface area contributed by atoms with Crippen LogP contribution in [-0.2, 0) is 0 Å². The molecule has 0 unspecified atom stereocenters. The van der Waals surface area contributed by atoms with Gasteiger partial charge in [-0.1, -0.05) is 6.07 Å². The predicted molar refractivity (Wildman–Crippen MR) is 104 cm³/mol. The van der Waals surface area contributed by atoms with Crippen LogP contribution < -0.4 is 10.1 Å². The molecule has 0 aliphatic heterocycles. The number of nitrogens with one attached hydrogen (secondary N) is 1. The van der Waals surface area contributed by atoms with Crippen LogP contribution >= 0.6 is 0 Å². The quantitative estimate of drug-likeness (QED) is 0.464. The van der Waals surface area contributed by atoms with Crippen molar-refractivity contribution in [2.24, 2.45) is 0 Å². The lowest BCUT2D eigenvalue weighted by Gasteiger charge is -2.19. The number of carbonyl (C=O) groups excluding carboxylic acids is 1. The molecule has 0 saturated heterocycles. The van der Waals surface area contributed by atoms with Crippen molar-refractivity contribution in [1.82, 2.24) is 10.0 Å². The summed E-state index contributed by atoms with van der Waals surface area (Å²) in [6.07, 6.45) is 0. The van der Waals surface area contributed by atoms with E-state index in [0.717, 1.165) is 5.56 Å². The molecular weight excluding hydrogens is 361 g/mol. The van der Waals surface area contributed by atoms with Crippen molar-refractivity contribution in [2.75, 3.05) is 5.32 Å². The third-order valence-corrected chi connectivity index (χ3v) is 3.88. The minimum Gasteiger partial charge on any atom is -0.457 e. The Kier molecular flexibility index (Phi) is 5.86. The Morgan fingerprint density at radius 3 is 2.25 bits per heavy atom. The Morgan fingerprint density at radius 2 is 1.64 bits per heavy atom. The number of hydroxylamine groups is 2. The number of hydrogen-bond acceptors (Lipinski definition) is 4. The van der Waals surface area contributed by atoms with Gasteiger partial charge in [-0.2, -0.15) is 0 Å². The minimum absolute atomic E-state index is 0.321. The van der Waals surface area contributed by atoms with E-state index in [1.54, 1.807) is 50.2 Å². The van der Waals surface area contributed by atoms with Crippen molar-refractivity contribution in [3.05, 3.63) is 72.5 Å². The summed E-state index contributed by atoms with van der Waals surface area (Å²) in [5, 5.41) is 12.8. The first kappa shape index (κ1) is 19.3. The summed E-state index contributed by atoms with van der Waals surface area (Å²) in [4.78, 5) is 16.3. The number of ether oxygens (including phenoxy) is 1. The Morgan fingerprint density at radius 1 is 1.04 bits per heavy atom. The van der Waals surface area contributed by atoms with Crippen molar-refractivity contribution in [2.45, 2.75) is 19.9 Å². The molecule has 2 amide bonds. The van der Waals surface area contributed by atoms with Crippen molar-refractivity contribution >= 4 is 11.8 Å². The summed E-state index contributed by atoms with van der Waals surface area (Å²) in [6.45, 7) is 3.39. The van der Waals surface area contributed by atoms with Gasteiger partial charge in [-0.25, -0.2) is 19.2 Å². The number of carbonyl (C=O) groups is 1. The highest BCUT2D eigenvalue weighted by atomic mass is 19.1. The molecule has 1 aromatic heterocycles. The second-order valence-electron chi connectivity index (χ2n) is 6.36. The van der Waals surface area contributed by atoms with Crippen LogP contribution in [0.1, 0.15) is 13.8 Å². The fraction of sp³-hybridized carbons (Fsp3) is 0.143. The normalized spacial score (nSPS) is 10.6. The molecule has 0 aliphatic rings. The second kappa shape index (κ2) is 8.49. The highest BCUT2D eigenvalue weighted by Gasteiger charge is 2.15. The lowest BCUT2D eigenvalue weighted by molar-refractivity contribution is -0.0622. The van der Waals surface area contributed by atoms with Crippen molar-refractivity contribution in [3.63, 3.8) is 0 Å². The number of urea groups is 1. The molecule has 0 saturated carbocycles. The van der Waals surface area contributed by atoms with E-state index in [1.807, 2.05) is 18.2 Å². The van der Waals surface area contributed by atoms with Crippen LogP contribution in [0.3, 0.4) is 0 Å². The molecule has 28 heavy (non-hydrogen) atoms. The summed E-state index contributed by atoms with van der Waals surface area (Å²) >= 11 is 0. The van der Waals surface area contributed by atoms with E-state index in [9.17, 15) is 14.4 Å². The Bertz CT molecular complexity index is 944. The predicted octanol–water partition coefficient (Wildman–Crippen LogP) is 5.31. The fourth-order valence-corrected chi connectivity index (χ4v) is 2.40. The Balaban J connectivity index is 1.71. The first-order valence-corrected chi connectivity index (χ1v) is 8.72. The number of nitrogens with zero attached hydrogens (tertiary/aromatic N) is 2. The van der Waals surface area contributed by atoms with Crippen LogP contribution in [0.4, 0.5) is 15.0 Å². The van der Waals surface area contributed by atoms with E-state index in [-0.39, 0.29) is 11.9 Å². The third kappa shape index (κ3) is 4.83. The summed E-state index contributed by atoms with van der Waals surface area (Å²) in [5.74, 6) is 1.15. The standard InChI is InChI=1S/C21H20FN3O3/c1-14(2)25(27)21(26)24-20-5-3-4-19(23-20)15-6-10-17(11-7-15)28-18-12-8-16(22)9-13-18/h3-14,27H,1-2H3,(H,23,24,26). The lowest BCUT2D eigenvalue weighted by Crippen LogP contribution is -2.37. The van der Waals surface area contributed by atoms with Gasteiger partial charge in [0.15, 0.2) is 0 Å². The molecule has 0 aliphatic carbocycles. The maximum atomic E-state index is 13.0. The summed E-state index contributed by atoms with van der Waals surface area (Å²) < 4.78 is 18.6. The number of benzene rings is 2. The van der Waals surface area contributed by atoms with Gasteiger partial charge in [-0.3, -0.25) is 10.5 Å². The third-order valence-electron chi connectivity index (χ3n) is 3.88. The van der Waals surface area contributed by atoms with Crippen LogP contribution in [0.25, 0.3) is 11.3 Å². The zero-order chi connectivity index (χ0) is 20.1. The largest absolute Gasteiger partial charge is 0.457 e. The monoisotopic (exact) mass is 381 g/mol. The molecule has 7 heteroatoms. The van der Waals surface area contributed by atoms with Crippen molar-refractivity contribution in [3.8, 4) is 22.8 Å². The number of hydrogen-bond donors (Lipinski definition) is 2. The molecule has 3 aromatic rings. The molecule has 6 nitrogen and oxygen atoms in total. The summed E-state index contributed by atoms with van der Waals surface area (Å²) in [5.41, 5.74) is 1.48. The molecule has 2 N–H and O–H groups in total. The van der Waals surface area contributed by atoms with Gasteiger partial charge in [0.2, 0.25) is 0 Å². The highest BCUT2D eigenvalue weighted by Crippen LogP contribution is 2.25. The Labute approximate surface area is 162 Å². The van der Waals surface area contributed by atoms with Crippen LogP contribution in [-0.4, -0.2) is 27.3 Å². The van der Waals surface area contributed by atoms with Crippen molar-refractivity contribution < 1.29 is 19.1 Å². The highest BCUT2D eigenvalue weighted by molar-refractivity contribution is 5.87. The van der Waals surface area contributed by atoms with E-state index in [4.69, 9.17) is 4.74 Å². The molecular formula is C21H20FN3O3. The molecule has 144 valence electrons. The molecule has 0 radical (unpaired) electrons. The van der Waals surface area contributed by atoms with Gasteiger partial charge in [0.25, 0.3) is 0 Å². The smallest absolute Gasteiger partial charge is 0.346 e. The maximum absolute atomic E-state index is 13.0. The first-order chi connectivity index (χ1) is 13.4. The molecule has 0 spiro atoms. The lowest BCUT2D eigenvalue weighted by atomic mass is 10.1. The summed E-state index contributed by atoms with van der Waals surface area (Å²) in [7, 11) is 0. The number of rotatable bonds is 5. The second-order valence-corrected chi connectivity index (χ2v) is 6.36. The fourth-order valence-electron chi connectivity index (χ4n) is 2.40. The number of pyridine rings is 1. The molecule has 0 fully saturated rings. The number of amides is 2. The van der Waals surface area contributed by atoms with E-state index in [0.29, 0.717) is 28.1 Å². The number of anilines is 1. The van der Waals surface area contributed by atoms with Gasteiger partial charge >= 0.3 is 6.03 Å². The molecule has 0 bridgehead atoms. The first-order valence-electron chi connectivity index (χ1n) is 8.72. The maximum Gasteiger partial charge on any atom is 0.346 e. The molecule has 0 atom stereocenters. The van der Waals surface area contributed by atoms with Gasteiger partial charge in [0.05, 0.1) is 11.7 Å². The van der Waals surface area contributed by atoms with Crippen LogP contribution in [0.2, 0.25) is 0 Å². The van der Waals surface area contributed by atoms with Gasteiger partial charge in [-0.05, 0) is 74.5 Å². The van der Waals surface area contributed by atoms with E-state index >= 15 is 0 Å². The van der Waals surface area contributed by atoms with Gasteiger partial charge in [-0.15, -0.1) is 0 Å². The Hall–Kier alpha value is -3.45. The average Bonchev–Trinajstić information content (AvgIpc) is 2.70. The van der Waals surface area contributed by atoms with E-state index < -0.39 is 6.03 Å². The van der Waals surface area contributed by atoms with Gasteiger partial charge < -0.3 is 4.74 Å². The number of aromatic nitrogens is 1. The van der Waals surface area contributed by atoms with Gasteiger partial charge in [0, 0.05) is 5.56 Å². The minimum atomic E-state index is -0.650. The molecule has 1 heterocycles. The zero-order valence-electron chi connectivity index (χ0n) is 15.5.